The van der Waals surface area contributed by atoms with Crippen LogP contribution in [-0.2, 0) is 0 Å². The third-order valence-corrected chi connectivity index (χ3v) is 27.5. The van der Waals surface area contributed by atoms with Gasteiger partial charge in [-0.2, -0.15) is 0 Å². The van der Waals surface area contributed by atoms with E-state index >= 15 is 0 Å². The van der Waals surface area contributed by atoms with E-state index in [1.54, 1.807) is 0 Å². The number of benzene rings is 16. The number of aromatic nitrogens is 9. The lowest BCUT2D eigenvalue weighted by Gasteiger charge is -2.05. The Kier molecular flexibility index (Phi) is 12.4. The summed E-state index contributed by atoms with van der Waals surface area (Å²) in [7, 11) is 0. The number of hydrogen-bond donors (Lipinski definition) is 0. The molecule has 0 spiro atoms. The molecule has 0 aliphatic carbocycles. The highest BCUT2D eigenvalue weighted by molar-refractivity contribution is 7.27. The van der Waals surface area contributed by atoms with Gasteiger partial charge in [0, 0.05) is 120 Å². The molecule has 0 atom stereocenters. The Hall–Kier alpha value is -14.6. The second-order valence-electron chi connectivity index (χ2n) is 30.3. The molecule has 0 unspecified atom stereocenters. The smallest absolute Gasteiger partial charge is 0.165 e. The molecule has 0 saturated carbocycles. The predicted molar refractivity (Wildman–Crippen MR) is 485 cm³/mol. The third-order valence-electron chi connectivity index (χ3n) is 24.1. The predicted octanol–water partition coefficient (Wildman–Crippen LogP) is 28.3. The van der Waals surface area contributed by atoms with Crippen LogP contribution in [0, 0.1) is 0 Å². The number of nitrogens with zero attached hydrogens (tertiary/aromatic N) is 9. The molecule has 29 aromatic rings. The quantitative estimate of drug-likeness (QED) is 0.174. The van der Waals surface area contributed by atoms with E-state index in [1.165, 1.54) is 148 Å². The Morgan fingerprint density at radius 2 is 0.600 bits per heavy atom. The lowest BCUT2D eigenvalue weighted by molar-refractivity contribution is 0.669. The van der Waals surface area contributed by atoms with E-state index in [0.717, 1.165) is 116 Å². The third kappa shape index (κ3) is 8.64. The molecular weight excluding hydrogens is 1460 g/mol. The Morgan fingerprint density at radius 1 is 0.209 bits per heavy atom. The van der Waals surface area contributed by atoms with Crippen molar-refractivity contribution in [2.75, 3.05) is 0 Å². The minimum absolute atomic E-state index is 0.888. The zero-order valence-corrected chi connectivity index (χ0v) is 63.2. The van der Waals surface area contributed by atoms with Gasteiger partial charge >= 0.3 is 0 Å². The van der Waals surface area contributed by atoms with Crippen LogP contribution in [0.1, 0.15) is 0 Å². The number of hydrogen-bond acceptors (Lipinski definition) is 10. The molecule has 13 aromatic heterocycles. The van der Waals surface area contributed by atoms with Gasteiger partial charge in [-0.15, -0.1) is 34.0 Å². The first-order chi connectivity index (χ1) is 57.0. The molecule has 530 valence electrons. The first kappa shape index (κ1) is 62.1. The van der Waals surface area contributed by atoms with Crippen molar-refractivity contribution in [3.63, 3.8) is 0 Å². The van der Waals surface area contributed by atoms with Gasteiger partial charge in [0.2, 0.25) is 0 Å². The van der Waals surface area contributed by atoms with E-state index in [-0.39, 0.29) is 0 Å². The van der Waals surface area contributed by atoms with Crippen molar-refractivity contribution in [2.45, 2.75) is 0 Å². The molecule has 0 saturated heterocycles. The largest absolute Gasteiger partial charge is 0.456 e. The normalized spacial score (nSPS) is 12.5. The van der Waals surface area contributed by atoms with E-state index < -0.39 is 0 Å². The van der Waals surface area contributed by atoms with Gasteiger partial charge in [0.25, 0.3) is 0 Å². The average molecular weight is 1520 g/mol. The minimum Gasteiger partial charge on any atom is -0.456 e. The van der Waals surface area contributed by atoms with Gasteiger partial charge in [-0.25, -0.2) is 29.9 Å². The number of thiophene rings is 3. The van der Waals surface area contributed by atoms with Gasteiger partial charge in [-0.05, 0) is 143 Å². The van der Waals surface area contributed by atoms with Crippen molar-refractivity contribution in [1.82, 2.24) is 43.1 Å². The Bertz CT molecular complexity index is 9270. The van der Waals surface area contributed by atoms with Gasteiger partial charge in [0.15, 0.2) is 16.9 Å². The van der Waals surface area contributed by atoms with Crippen LogP contribution in [0.2, 0.25) is 0 Å². The molecule has 13 heteroatoms. The molecule has 13 heterocycles. The first-order valence-electron chi connectivity index (χ1n) is 38.6. The molecular formula is C102H53N9OS3. The minimum atomic E-state index is 0.888. The molecule has 0 fully saturated rings. The Morgan fingerprint density at radius 3 is 1.14 bits per heavy atom. The highest BCUT2D eigenvalue weighted by Gasteiger charge is 2.29. The summed E-state index contributed by atoms with van der Waals surface area (Å²) in [5, 5.41) is 21.4. The SMILES string of the molecule is c1ccc(-c2ccc3nc4c5c6sc7ccccc7c6cc6c7ccccc7n(c4nc3c2)c65)cc1.c1ccc(-c2ccc3nc4c5cc6sc7ccccc7c6c6c7ccccc7n(c4nc3c2)c56)cc1.c1ccc2c(c1)oc1ccc(-c3ccc4nc5c6cc7sc8ccccc8c7c7c8ccccc8n(c5nc4c3)c67)cc12. The van der Waals surface area contributed by atoms with Gasteiger partial charge in [0.1, 0.15) is 27.7 Å². The summed E-state index contributed by atoms with van der Waals surface area (Å²) in [4.78, 5) is 31.5. The van der Waals surface area contributed by atoms with E-state index in [4.69, 9.17) is 34.3 Å². The van der Waals surface area contributed by atoms with Crippen LogP contribution in [0.3, 0.4) is 0 Å². The highest BCUT2D eigenvalue weighted by atomic mass is 32.1. The van der Waals surface area contributed by atoms with E-state index in [1.807, 2.05) is 58.3 Å². The lowest BCUT2D eigenvalue weighted by atomic mass is 10.0. The maximum atomic E-state index is 6.07. The fraction of sp³-hybridized carbons (Fsp3) is 0. The summed E-state index contributed by atoms with van der Waals surface area (Å²) in [6.45, 7) is 0. The summed E-state index contributed by atoms with van der Waals surface area (Å²) < 4.78 is 20.9. The van der Waals surface area contributed by atoms with Crippen molar-refractivity contribution in [3.05, 3.63) is 322 Å². The van der Waals surface area contributed by atoms with Crippen molar-refractivity contribution < 1.29 is 4.42 Å². The topological polar surface area (TPSA) is 104 Å². The molecule has 0 aliphatic heterocycles. The number of para-hydroxylation sites is 4. The molecule has 115 heavy (non-hydrogen) atoms. The first-order valence-corrected chi connectivity index (χ1v) is 41.1. The molecule has 10 nitrogen and oxygen atoms in total. The van der Waals surface area contributed by atoms with Crippen LogP contribution in [0.25, 0.3) is 264 Å². The van der Waals surface area contributed by atoms with Crippen molar-refractivity contribution >= 4 is 265 Å². The molecule has 0 N–H and O–H groups in total. The molecule has 16 aromatic carbocycles. The van der Waals surface area contributed by atoms with Gasteiger partial charge in [0.05, 0.1) is 66.2 Å². The summed E-state index contributed by atoms with van der Waals surface area (Å²) >= 11 is 5.58. The second-order valence-corrected chi connectivity index (χ2v) is 33.5. The fourth-order valence-corrected chi connectivity index (χ4v) is 22.7. The summed E-state index contributed by atoms with van der Waals surface area (Å²) in [5.41, 5.74) is 27.1. The van der Waals surface area contributed by atoms with Gasteiger partial charge in [-0.3, -0.25) is 13.2 Å². The van der Waals surface area contributed by atoms with Crippen molar-refractivity contribution in [3.8, 4) is 33.4 Å². The summed E-state index contributed by atoms with van der Waals surface area (Å²) in [5.74, 6) is 0. The molecule has 0 aliphatic rings. The monoisotopic (exact) mass is 1520 g/mol. The Labute approximate surface area is 662 Å². The number of furan rings is 1. The van der Waals surface area contributed by atoms with Gasteiger partial charge in [-0.1, -0.05) is 212 Å². The van der Waals surface area contributed by atoms with Crippen LogP contribution >= 0.6 is 34.0 Å². The van der Waals surface area contributed by atoms with Crippen LogP contribution in [0.4, 0.5) is 0 Å². The van der Waals surface area contributed by atoms with Crippen LogP contribution in [-0.4, -0.2) is 43.1 Å². The van der Waals surface area contributed by atoms with Crippen LogP contribution in [0.15, 0.2) is 326 Å². The van der Waals surface area contributed by atoms with Crippen LogP contribution < -0.4 is 0 Å². The van der Waals surface area contributed by atoms with Crippen molar-refractivity contribution in [1.29, 1.82) is 0 Å². The molecule has 0 amide bonds. The maximum absolute atomic E-state index is 6.07. The zero-order chi connectivity index (χ0) is 74.6. The standard InChI is InChI=1S/C38H19N3OS.2C32H17N3S/c1-4-10-29-23(8-1)35-34-24-9-3-6-12-32(24)43-33(34)19-26-36-38(41(29)37(26)35)40-28-18-21(13-15-27(28)39-36)20-14-16-31-25(17-20)22-7-2-5-11-30(22)42-31;1-2-8-18(9-3-1)19-14-15-23-24(16-19)34-32-30(33-23)22-17-27-28(21-11-5-7-13-26(21)36-27)29-20-10-4-6-12-25(20)35(32)31(22)29;1-2-8-18(9-3-1)19-14-15-24-25(16-19)34-32-29(33-24)28-30-22(20-10-4-6-12-26(20)35(30)32)17-23-21-11-5-7-13-27(21)36-31(23)28/h1-19H;2*1-17H. The van der Waals surface area contributed by atoms with E-state index in [0.29, 0.717) is 0 Å². The van der Waals surface area contributed by atoms with Gasteiger partial charge < -0.3 is 4.42 Å². The van der Waals surface area contributed by atoms with E-state index in [9.17, 15) is 0 Å². The number of rotatable bonds is 3. The van der Waals surface area contributed by atoms with E-state index in [2.05, 4.69) is 310 Å². The van der Waals surface area contributed by atoms with Crippen LogP contribution in [0.5, 0.6) is 0 Å². The number of fused-ring (bicyclic) bond motifs is 36. The maximum Gasteiger partial charge on any atom is 0.165 e. The zero-order valence-electron chi connectivity index (χ0n) is 60.8. The second kappa shape index (κ2) is 23.0. The fourth-order valence-electron chi connectivity index (χ4n) is 19.1. The molecule has 29 rings (SSSR count). The molecule has 0 radical (unpaired) electrons. The van der Waals surface area contributed by atoms with Crippen molar-refractivity contribution in [2.24, 2.45) is 0 Å². The summed E-state index contributed by atoms with van der Waals surface area (Å²) in [6.07, 6.45) is 0. The lowest BCUT2D eigenvalue weighted by Crippen LogP contribution is -1.90. The summed E-state index contributed by atoms with van der Waals surface area (Å²) in [6, 6.07) is 114. The average Bonchev–Trinajstić information content (AvgIpc) is 1.53. The highest BCUT2D eigenvalue weighted by Crippen LogP contribution is 2.52. The Balaban J connectivity index is 0.0000000932. The molecule has 0 bridgehead atoms.